The number of para-hydroxylation sites is 1. The van der Waals surface area contributed by atoms with Crippen molar-refractivity contribution in [1.29, 1.82) is 0 Å². The van der Waals surface area contributed by atoms with Gasteiger partial charge in [-0.25, -0.2) is 12.4 Å². The van der Waals surface area contributed by atoms with Crippen LogP contribution in [0.15, 0.2) is 90.2 Å². The third-order valence-electron chi connectivity index (χ3n) is 7.05. The number of hydrogen-bond acceptors (Lipinski definition) is 5. The predicted molar refractivity (Wildman–Crippen MR) is 144 cm³/mol. The van der Waals surface area contributed by atoms with Gasteiger partial charge in [-0.05, 0) is 48.2 Å². The first-order valence-electron chi connectivity index (χ1n) is 12.9. The second-order valence-corrected chi connectivity index (χ2v) is 11.5. The van der Waals surface area contributed by atoms with E-state index in [9.17, 15) is 8.42 Å². The number of benzene rings is 2. The molecule has 1 aliphatic rings. The van der Waals surface area contributed by atoms with Crippen LogP contribution >= 0.6 is 0 Å². The summed E-state index contributed by atoms with van der Waals surface area (Å²) in [4.78, 5) is 6.97. The van der Waals surface area contributed by atoms with Crippen LogP contribution < -0.4 is 5.32 Å². The fourth-order valence-corrected chi connectivity index (χ4v) is 6.60. The molecule has 36 heavy (non-hydrogen) atoms. The first kappa shape index (κ1) is 24.7. The SMILES string of the molecule is O=S(=O)(c1ccccc1)n1cc(CN(CCNC2CCCCC2)Cc2cccnc2)c2ccccc21. The molecule has 2 aromatic heterocycles. The zero-order valence-electron chi connectivity index (χ0n) is 20.6. The molecule has 0 unspecified atom stereocenters. The molecule has 7 heteroatoms. The van der Waals surface area contributed by atoms with E-state index in [1.807, 2.05) is 42.6 Å². The predicted octanol–water partition coefficient (Wildman–Crippen LogP) is 5.20. The molecule has 2 aromatic carbocycles. The maximum Gasteiger partial charge on any atom is 0.268 e. The minimum absolute atomic E-state index is 0.293. The van der Waals surface area contributed by atoms with E-state index in [-0.39, 0.29) is 0 Å². The van der Waals surface area contributed by atoms with Crippen molar-refractivity contribution in [3.8, 4) is 0 Å². The van der Waals surface area contributed by atoms with Crippen molar-refractivity contribution in [2.45, 2.75) is 56.1 Å². The maximum atomic E-state index is 13.5. The third kappa shape index (κ3) is 5.69. The van der Waals surface area contributed by atoms with Crippen molar-refractivity contribution in [3.05, 3.63) is 96.4 Å². The van der Waals surface area contributed by atoms with Gasteiger partial charge in [-0.2, -0.15) is 0 Å². The molecule has 0 radical (unpaired) electrons. The molecule has 0 bridgehead atoms. The van der Waals surface area contributed by atoms with E-state index in [0.29, 0.717) is 23.0 Å². The highest BCUT2D eigenvalue weighted by Crippen LogP contribution is 2.27. The molecule has 1 saturated carbocycles. The van der Waals surface area contributed by atoms with Crippen molar-refractivity contribution in [3.63, 3.8) is 0 Å². The van der Waals surface area contributed by atoms with E-state index in [4.69, 9.17) is 0 Å². The number of nitrogens with zero attached hydrogens (tertiary/aromatic N) is 3. The number of fused-ring (bicyclic) bond motifs is 1. The summed E-state index contributed by atoms with van der Waals surface area (Å²) in [5.74, 6) is 0. The molecule has 188 valence electrons. The molecule has 1 N–H and O–H groups in total. The third-order valence-corrected chi connectivity index (χ3v) is 8.74. The number of aromatic nitrogens is 2. The van der Waals surface area contributed by atoms with E-state index < -0.39 is 10.0 Å². The minimum Gasteiger partial charge on any atom is -0.313 e. The number of rotatable bonds is 10. The lowest BCUT2D eigenvalue weighted by Crippen LogP contribution is -2.37. The largest absolute Gasteiger partial charge is 0.313 e. The molecule has 0 amide bonds. The zero-order valence-corrected chi connectivity index (χ0v) is 21.4. The summed E-state index contributed by atoms with van der Waals surface area (Å²) in [7, 11) is -3.70. The monoisotopic (exact) mass is 502 g/mol. The lowest BCUT2D eigenvalue weighted by atomic mass is 9.95. The van der Waals surface area contributed by atoms with Crippen LogP contribution in [0.5, 0.6) is 0 Å². The van der Waals surface area contributed by atoms with Gasteiger partial charge in [0.2, 0.25) is 0 Å². The molecule has 5 rings (SSSR count). The van der Waals surface area contributed by atoms with Crippen LogP contribution in [-0.2, 0) is 23.1 Å². The Labute approximate surface area is 214 Å². The van der Waals surface area contributed by atoms with Gasteiger partial charge in [0.15, 0.2) is 0 Å². The van der Waals surface area contributed by atoms with Crippen LogP contribution in [0.25, 0.3) is 10.9 Å². The Hall–Kier alpha value is -3.00. The Bertz CT molecular complexity index is 1360. The number of pyridine rings is 1. The number of hydrogen-bond donors (Lipinski definition) is 1. The smallest absolute Gasteiger partial charge is 0.268 e. The minimum atomic E-state index is -3.70. The molecule has 1 fully saturated rings. The van der Waals surface area contributed by atoms with Crippen LogP contribution in [-0.4, -0.2) is 41.4 Å². The molecule has 1 aliphatic carbocycles. The summed E-state index contributed by atoms with van der Waals surface area (Å²) in [5, 5.41) is 4.72. The van der Waals surface area contributed by atoms with Crippen LogP contribution in [0.1, 0.15) is 43.2 Å². The molecular weight excluding hydrogens is 468 g/mol. The summed E-state index contributed by atoms with van der Waals surface area (Å²) in [6.07, 6.45) is 12.0. The van der Waals surface area contributed by atoms with E-state index in [0.717, 1.165) is 36.1 Å². The Kier molecular flexibility index (Phi) is 7.80. The van der Waals surface area contributed by atoms with Crippen LogP contribution in [0.3, 0.4) is 0 Å². The average molecular weight is 503 g/mol. The van der Waals surface area contributed by atoms with Gasteiger partial charge >= 0.3 is 0 Å². The van der Waals surface area contributed by atoms with Crippen LogP contribution in [0.4, 0.5) is 0 Å². The normalized spacial score (nSPS) is 15.0. The van der Waals surface area contributed by atoms with Gasteiger partial charge in [0.05, 0.1) is 10.4 Å². The Morgan fingerprint density at radius 3 is 2.47 bits per heavy atom. The summed E-state index contributed by atoms with van der Waals surface area (Å²) in [6, 6.07) is 21.1. The van der Waals surface area contributed by atoms with Gasteiger partial charge in [-0.15, -0.1) is 0 Å². The second kappa shape index (κ2) is 11.4. The number of nitrogens with one attached hydrogen (secondary N) is 1. The molecule has 0 spiro atoms. The molecule has 0 saturated heterocycles. The topological polar surface area (TPSA) is 67.2 Å². The highest BCUT2D eigenvalue weighted by atomic mass is 32.2. The fourth-order valence-electron chi connectivity index (χ4n) is 5.19. The van der Waals surface area contributed by atoms with Crippen molar-refractivity contribution >= 4 is 20.9 Å². The van der Waals surface area contributed by atoms with Crippen molar-refractivity contribution in [2.24, 2.45) is 0 Å². The van der Waals surface area contributed by atoms with E-state index in [2.05, 4.69) is 21.3 Å². The molecule has 4 aromatic rings. The van der Waals surface area contributed by atoms with Crippen LogP contribution in [0.2, 0.25) is 0 Å². The van der Waals surface area contributed by atoms with Gasteiger partial charge in [0, 0.05) is 56.2 Å². The Morgan fingerprint density at radius 1 is 0.917 bits per heavy atom. The maximum absolute atomic E-state index is 13.5. The van der Waals surface area contributed by atoms with Crippen molar-refractivity contribution in [1.82, 2.24) is 19.2 Å². The highest BCUT2D eigenvalue weighted by molar-refractivity contribution is 7.90. The van der Waals surface area contributed by atoms with E-state index in [1.165, 1.54) is 36.1 Å². The molecule has 0 atom stereocenters. The first-order valence-corrected chi connectivity index (χ1v) is 14.3. The highest BCUT2D eigenvalue weighted by Gasteiger charge is 2.22. The Balaban J connectivity index is 1.41. The van der Waals surface area contributed by atoms with Gasteiger partial charge in [-0.3, -0.25) is 9.88 Å². The standard InChI is InChI=1S/C29H34N4O2S/c34-36(35,27-13-5-2-6-14-27)33-23-25(28-15-7-8-16-29(28)33)22-32(21-24-10-9-17-30-20-24)19-18-31-26-11-3-1-4-12-26/h2,5-10,13-17,20,23,26,31H,1,3-4,11-12,18-19,21-22H2. The summed E-state index contributed by atoms with van der Waals surface area (Å²) in [6.45, 7) is 3.19. The van der Waals surface area contributed by atoms with Crippen molar-refractivity contribution < 1.29 is 8.42 Å². The second-order valence-electron chi connectivity index (χ2n) is 9.65. The summed E-state index contributed by atoms with van der Waals surface area (Å²) < 4.78 is 28.5. The van der Waals surface area contributed by atoms with Gasteiger partial charge in [0.25, 0.3) is 10.0 Å². The van der Waals surface area contributed by atoms with E-state index in [1.54, 1.807) is 36.7 Å². The van der Waals surface area contributed by atoms with Crippen LogP contribution in [0, 0.1) is 0 Å². The van der Waals surface area contributed by atoms with Gasteiger partial charge < -0.3 is 5.32 Å². The summed E-state index contributed by atoms with van der Waals surface area (Å²) in [5.41, 5.74) is 2.86. The summed E-state index contributed by atoms with van der Waals surface area (Å²) >= 11 is 0. The first-order chi connectivity index (χ1) is 17.6. The van der Waals surface area contributed by atoms with Crippen molar-refractivity contribution in [2.75, 3.05) is 13.1 Å². The fraction of sp³-hybridized carbons (Fsp3) is 0.345. The molecular formula is C29H34N4O2S. The van der Waals surface area contributed by atoms with Gasteiger partial charge in [0.1, 0.15) is 0 Å². The zero-order chi connectivity index (χ0) is 24.8. The molecule has 2 heterocycles. The molecule has 0 aliphatic heterocycles. The Morgan fingerprint density at radius 2 is 1.69 bits per heavy atom. The quantitative estimate of drug-likeness (QED) is 0.323. The van der Waals surface area contributed by atoms with E-state index >= 15 is 0 Å². The average Bonchev–Trinajstić information content (AvgIpc) is 3.29. The molecule has 6 nitrogen and oxygen atoms in total. The van der Waals surface area contributed by atoms with Gasteiger partial charge in [-0.1, -0.05) is 61.7 Å². The lowest BCUT2D eigenvalue weighted by molar-refractivity contribution is 0.247. The lowest BCUT2D eigenvalue weighted by Gasteiger charge is -2.26.